The number of rotatable bonds is 5. The van der Waals surface area contributed by atoms with Gasteiger partial charge in [-0.1, -0.05) is 0 Å². The minimum Gasteiger partial charge on any atom is -0.480 e. The van der Waals surface area contributed by atoms with Crippen molar-refractivity contribution in [2.45, 2.75) is 19.4 Å². The maximum absolute atomic E-state index is 13.3. The molecule has 2 aromatic rings. The van der Waals surface area contributed by atoms with Crippen LogP contribution in [-0.2, 0) is 11.2 Å². The summed E-state index contributed by atoms with van der Waals surface area (Å²) in [5, 5.41) is 11.5. The first kappa shape index (κ1) is 14.7. The van der Waals surface area contributed by atoms with Crippen molar-refractivity contribution in [2.24, 2.45) is 0 Å². The summed E-state index contributed by atoms with van der Waals surface area (Å²) in [6, 6.07) is 2.72. The van der Waals surface area contributed by atoms with Crippen molar-refractivity contribution >= 4 is 11.9 Å². The molecule has 7 heteroatoms. The van der Waals surface area contributed by atoms with E-state index in [0.717, 1.165) is 6.07 Å². The highest BCUT2D eigenvalue weighted by molar-refractivity contribution is 5.96. The zero-order valence-electron chi connectivity index (χ0n) is 11.3. The van der Waals surface area contributed by atoms with E-state index >= 15 is 0 Å². The van der Waals surface area contributed by atoms with E-state index in [1.54, 1.807) is 6.92 Å². The number of imidazole rings is 1. The minimum absolute atomic E-state index is 0.0649. The van der Waals surface area contributed by atoms with Gasteiger partial charge >= 0.3 is 5.97 Å². The van der Waals surface area contributed by atoms with E-state index in [1.165, 1.54) is 24.7 Å². The summed E-state index contributed by atoms with van der Waals surface area (Å²) in [4.78, 5) is 29.8. The van der Waals surface area contributed by atoms with Crippen molar-refractivity contribution in [1.29, 1.82) is 0 Å². The minimum atomic E-state index is -1.17. The lowest BCUT2D eigenvalue weighted by Gasteiger charge is -2.14. The second-order valence-corrected chi connectivity index (χ2v) is 4.66. The Balaban J connectivity index is 2.12. The number of benzene rings is 1. The van der Waals surface area contributed by atoms with E-state index in [0.29, 0.717) is 11.3 Å². The van der Waals surface area contributed by atoms with Crippen LogP contribution in [0.2, 0.25) is 0 Å². The number of nitrogens with one attached hydrogen (secondary N) is 2. The molecule has 21 heavy (non-hydrogen) atoms. The maximum atomic E-state index is 13.3. The third kappa shape index (κ3) is 3.88. The van der Waals surface area contributed by atoms with Crippen LogP contribution in [0.5, 0.6) is 0 Å². The molecule has 0 spiro atoms. The van der Waals surface area contributed by atoms with E-state index in [-0.39, 0.29) is 12.0 Å². The number of hydrogen-bond acceptors (Lipinski definition) is 3. The van der Waals surface area contributed by atoms with E-state index in [2.05, 4.69) is 15.3 Å². The zero-order valence-corrected chi connectivity index (χ0v) is 11.3. The highest BCUT2D eigenvalue weighted by Gasteiger charge is 2.22. The summed E-state index contributed by atoms with van der Waals surface area (Å²) in [6.45, 7) is 1.65. The Morgan fingerprint density at radius 2 is 2.19 bits per heavy atom. The highest BCUT2D eigenvalue weighted by Crippen LogP contribution is 2.09. The van der Waals surface area contributed by atoms with Gasteiger partial charge in [-0.3, -0.25) is 4.79 Å². The van der Waals surface area contributed by atoms with E-state index in [9.17, 15) is 14.0 Å². The molecule has 0 saturated heterocycles. The van der Waals surface area contributed by atoms with Gasteiger partial charge in [0.25, 0.3) is 5.91 Å². The van der Waals surface area contributed by atoms with E-state index in [1.807, 2.05) is 0 Å². The summed E-state index contributed by atoms with van der Waals surface area (Å²) < 4.78 is 13.3. The van der Waals surface area contributed by atoms with E-state index in [4.69, 9.17) is 5.11 Å². The van der Waals surface area contributed by atoms with Crippen LogP contribution in [0.15, 0.2) is 30.7 Å². The van der Waals surface area contributed by atoms with Crippen LogP contribution >= 0.6 is 0 Å². The molecule has 1 aromatic heterocycles. The molecule has 0 aliphatic carbocycles. The Morgan fingerprint density at radius 3 is 2.76 bits per heavy atom. The first-order valence-electron chi connectivity index (χ1n) is 6.24. The van der Waals surface area contributed by atoms with Gasteiger partial charge in [-0.15, -0.1) is 0 Å². The Labute approximate surface area is 120 Å². The number of aryl methyl sites for hydroxylation is 1. The molecule has 1 amide bonds. The van der Waals surface area contributed by atoms with Gasteiger partial charge in [-0.2, -0.15) is 0 Å². The van der Waals surface area contributed by atoms with Gasteiger partial charge in [-0.05, 0) is 30.7 Å². The maximum Gasteiger partial charge on any atom is 0.326 e. The molecule has 0 aliphatic rings. The van der Waals surface area contributed by atoms with Gasteiger partial charge in [0.1, 0.15) is 11.9 Å². The molecule has 1 unspecified atom stereocenters. The quantitative estimate of drug-likeness (QED) is 0.773. The molecular weight excluding hydrogens is 277 g/mol. The molecule has 6 nitrogen and oxygen atoms in total. The molecule has 1 atom stereocenters. The summed E-state index contributed by atoms with van der Waals surface area (Å²) >= 11 is 0. The third-order valence-corrected chi connectivity index (χ3v) is 2.89. The van der Waals surface area contributed by atoms with Crippen LogP contribution in [0.25, 0.3) is 0 Å². The lowest BCUT2D eigenvalue weighted by atomic mass is 10.1. The van der Waals surface area contributed by atoms with E-state index < -0.39 is 23.7 Å². The fourth-order valence-electron chi connectivity index (χ4n) is 1.93. The number of carbonyl (C=O) groups excluding carboxylic acids is 1. The summed E-state index contributed by atoms with van der Waals surface area (Å²) in [6.07, 6.45) is 2.97. The van der Waals surface area contributed by atoms with Crippen LogP contribution in [-0.4, -0.2) is 33.0 Å². The van der Waals surface area contributed by atoms with Gasteiger partial charge < -0.3 is 15.4 Å². The van der Waals surface area contributed by atoms with Crippen molar-refractivity contribution in [2.75, 3.05) is 0 Å². The molecular formula is C14H14FN3O3. The normalized spacial score (nSPS) is 11.9. The average Bonchev–Trinajstić information content (AvgIpc) is 2.89. The molecule has 0 bridgehead atoms. The number of carboxylic acids is 1. The van der Waals surface area contributed by atoms with Gasteiger partial charge in [-0.25, -0.2) is 14.2 Å². The molecule has 1 heterocycles. The first-order chi connectivity index (χ1) is 9.95. The van der Waals surface area contributed by atoms with Crippen LogP contribution in [0.1, 0.15) is 21.6 Å². The molecule has 3 N–H and O–H groups in total. The Bertz CT molecular complexity index is 635. The van der Waals surface area contributed by atoms with Crippen molar-refractivity contribution in [3.63, 3.8) is 0 Å². The van der Waals surface area contributed by atoms with Gasteiger partial charge in [0, 0.05) is 23.9 Å². The lowest BCUT2D eigenvalue weighted by Crippen LogP contribution is -2.42. The number of halogens is 1. The van der Waals surface area contributed by atoms with Crippen molar-refractivity contribution in [1.82, 2.24) is 15.3 Å². The molecule has 0 saturated carbocycles. The summed E-state index contributed by atoms with van der Waals surface area (Å²) in [5.74, 6) is -2.35. The van der Waals surface area contributed by atoms with Crippen LogP contribution < -0.4 is 5.32 Å². The predicted octanol–water partition coefficient (Wildman–Crippen LogP) is 1.28. The number of aromatic amines is 1. The Morgan fingerprint density at radius 1 is 1.43 bits per heavy atom. The molecule has 0 radical (unpaired) electrons. The number of aromatic nitrogens is 2. The number of amides is 1. The highest BCUT2D eigenvalue weighted by atomic mass is 19.1. The van der Waals surface area contributed by atoms with Crippen molar-refractivity contribution < 1.29 is 19.1 Å². The van der Waals surface area contributed by atoms with Crippen molar-refractivity contribution in [3.05, 3.63) is 53.4 Å². The predicted molar refractivity (Wildman–Crippen MR) is 72.3 cm³/mol. The Kier molecular flexibility index (Phi) is 4.32. The fraction of sp³-hybridized carbons (Fsp3) is 0.214. The third-order valence-electron chi connectivity index (χ3n) is 2.89. The van der Waals surface area contributed by atoms with Gasteiger partial charge in [0.2, 0.25) is 0 Å². The number of carboxylic acid groups (broad SMARTS) is 1. The monoisotopic (exact) mass is 291 g/mol. The zero-order chi connectivity index (χ0) is 15.4. The molecule has 0 fully saturated rings. The number of aliphatic carboxylic acids is 1. The second-order valence-electron chi connectivity index (χ2n) is 4.66. The number of hydrogen-bond donors (Lipinski definition) is 3. The van der Waals surface area contributed by atoms with Crippen LogP contribution in [0.4, 0.5) is 4.39 Å². The van der Waals surface area contributed by atoms with Crippen LogP contribution in [0.3, 0.4) is 0 Å². The summed E-state index contributed by atoms with van der Waals surface area (Å²) in [5.41, 5.74) is 1.25. The molecule has 110 valence electrons. The smallest absolute Gasteiger partial charge is 0.326 e. The standard InChI is InChI=1S/C14H14FN3O3/c1-8-2-9(4-10(15)3-8)13(19)18-12(14(20)21)5-11-6-16-7-17-11/h2-4,6-7,12H,5H2,1H3,(H,16,17)(H,18,19)(H,20,21). The Hall–Kier alpha value is -2.70. The largest absolute Gasteiger partial charge is 0.480 e. The molecule has 2 rings (SSSR count). The van der Waals surface area contributed by atoms with Gasteiger partial charge in [0.15, 0.2) is 0 Å². The number of nitrogens with zero attached hydrogens (tertiary/aromatic N) is 1. The average molecular weight is 291 g/mol. The number of H-pyrrole nitrogens is 1. The molecule has 0 aliphatic heterocycles. The van der Waals surface area contributed by atoms with Crippen LogP contribution in [0, 0.1) is 12.7 Å². The van der Waals surface area contributed by atoms with Crippen molar-refractivity contribution in [3.8, 4) is 0 Å². The first-order valence-corrected chi connectivity index (χ1v) is 6.24. The van der Waals surface area contributed by atoms with Gasteiger partial charge in [0.05, 0.1) is 6.33 Å². The molecule has 1 aromatic carbocycles. The fourth-order valence-corrected chi connectivity index (χ4v) is 1.93. The lowest BCUT2D eigenvalue weighted by molar-refractivity contribution is -0.139. The number of carbonyl (C=O) groups is 2. The second kappa shape index (κ2) is 6.17. The topological polar surface area (TPSA) is 95.1 Å². The summed E-state index contributed by atoms with van der Waals surface area (Å²) in [7, 11) is 0. The SMILES string of the molecule is Cc1cc(F)cc(C(=O)NC(Cc2cnc[nH]2)C(=O)O)c1.